The monoisotopic (exact) mass is 304 g/mol. The Labute approximate surface area is 129 Å². The van der Waals surface area contributed by atoms with Crippen LogP contribution in [0.3, 0.4) is 0 Å². The number of nitrogens with zero attached hydrogens (tertiary/aromatic N) is 1. The normalized spacial score (nSPS) is 19.0. The van der Waals surface area contributed by atoms with E-state index in [2.05, 4.69) is 41.8 Å². The van der Waals surface area contributed by atoms with Crippen LogP contribution in [-0.4, -0.2) is 25.5 Å². The van der Waals surface area contributed by atoms with Crippen molar-refractivity contribution in [1.82, 2.24) is 10.2 Å². The standard InChI is InChI=1S/C17H21FN2S/c1-20(2)16(17-4-3-9-21-17)11-19-15-8-5-12-10-13(18)6-7-14(12)15/h3-4,6-7,9-10,15-16,19H,5,8,11H2,1-2H3. The maximum absolute atomic E-state index is 13.3. The summed E-state index contributed by atoms with van der Waals surface area (Å²) in [6.07, 6.45) is 2.03. The molecular weight excluding hydrogens is 283 g/mol. The molecule has 0 amide bonds. The number of thiophene rings is 1. The van der Waals surface area contributed by atoms with Crippen molar-refractivity contribution in [2.24, 2.45) is 0 Å². The minimum atomic E-state index is -0.126. The summed E-state index contributed by atoms with van der Waals surface area (Å²) in [6.45, 7) is 0.912. The summed E-state index contributed by atoms with van der Waals surface area (Å²) in [5.41, 5.74) is 2.42. The molecule has 0 spiro atoms. The lowest BCUT2D eigenvalue weighted by molar-refractivity contribution is 0.283. The summed E-state index contributed by atoms with van der Waals surface area (Å²) in [7, 11) is 4.23. The van der Waals surface area contributed by atoms with Crippen molar-refractivity contribution >= 4 is 11.3 Å². The number of rotatable bonds is 5. The molecule has 1 aromatic heterocycles. The van der Waals surface area contributed by atoms with Gasteiger partial charge in [-0.1, -0.05) is 12.1 Å². The van der Waals surface area contributed by atoms with Crippen molar-refractivity contribution < 1.29 is 4.39 Å². The van der Waals surface area contributed by atoms with Gasteiger partial charge in [-0.25, -0.2) is 4.39 Å². The van der Waals surface area contributed by atoms with E-state index in [-0.39, 0.29) is 5.82 Å². The molecule has 3 rings (SSSR count). The van der Waals surface area contributed by atoms with E-state index in [4.69, 9.17) is 0 Å². The highest BCUT2D eigenvalue weighted by molar-refractivity contribution is 7.10. The van der Waals surface area contributed by atoms with Gasteiger partial charge in [0.2, 0.25) is 0 Å². The average molecular weight is 304 g/mol. The minimum Gasteiger partial charge on any atom is -0.308 e. The molecule has 21 heavy (non-hydrogen) atoms. The Morgan fingerprint density at radius 2 is 2.24 bits per heavy atom. The average Bonchev–Trinajstić information content (AvgIpc) is 3.08. The lowest BCUT2D eigenvalue weighted by atomic mass is 10.1. The van der Waals surface area contributed by atoms with Gasteiger partial charge in [0, 0.05) is 17.5 Å². The number of hydrogen-bond donors (Lipinski definition) is 1. The molecule has 0 bridgehead atoms. The first kappa shape index (κ1) is 14.7. The number of hydrogen-bond acceptors (Lipinski definition) is 3. The van der Waals surface area contributed by atoms with Crippen LogP contribution in [0.2, 0.25) is 0 Å². The topological polar surface area (TPSA) is 15.3 Å². The molecule has 1 aliphatic carbocycles. The molecule has 0 fully saturated rings. The predicted octanol–water partition coefficient (Wildman–Crippen LogP) is 3.77. The number of nitrogens with one attached hydrogen (secondary N) is 1. The summed E-state index contributed by atoms with van der Waals surface area (Å²) in [4.78, 5) is 3.63. The molecule has 1 heterocycles. The van der Waals surface area contributed by atoms with E-state index in [1.54, 1.807) is 23.5 Å². The van der Waals surface area contributed by atoms with E-state index in [0.717, 1.165) is 24.9 Å². The zero-order valence-electron chi connectivity index (χ0n) is 12.5. The Morgan fingerprint density at radius 3 is 2.95 bits per heavy atom. The third-order valence-corrected chi connectivity index (χ3v) is 5.21. The summed E-state index contributed by atoms with van der Waals surface area (Å²) in [5.74, 6) is -0.126. The lowest BCUT2D eigenvalue weighted by Crippen LogP contribution is -2.32. The first-order valence-electron chi connectivity index (χ1n) is 7.36. The largest absolute Gasteiger partial charge is 0.308 e. The highest BCUT2D eigenvalue weighted by Gasteiger charge is 2.24. The van der Waals surface area contributed by atoms with Crippen LogP contribution < -0.4 is 5.32 Å². The molecule has 0 radical (unpaired) electrons. The van der Waals surface area contributed by atoms with Crippen LogP contribution in [0, 0.1) is 5.82 Å². The van der Waals surface area contributed by atoms with Crippen LogP contribution in [0.1, 0.15) is 34.5 Å². The second-order valence-corrected chi connectivity index (χ2v) is 6.82. The van der Waals surface area contributed by atoms with E-state index >= 15 is 0 Å². The van der Waals surface area contributed by atoms with E-state index in [1.165, 1.54) is 10.4 Å². The Hall–Kier alpha value is -1.23. The number of aryl methyl sites for hydroxylation is 1. The molecule has 1 aliphatic rings. The van der Waals surface area contributed by atoms with Crippen LogP contribution in [0.4, 0.5) is 4.39 Å². The quantitative estimate of drug-likeness (QED) is 0.904. The number of halogens is 1. The van der Waals surface area contributed by atoms with Gasteiger partial charge in [-0.15, -0.1) is 11.3 Å². The van der Waals surface area contributed by atoms with Crippen LogP contribution in [0.15, 0.2) is 35.7 Å². The Morgan fingerprint density at radius 1 is 1.38 bits per heavy atom. The molecule has 1 aromatic carbocycles. The summed E-state index contributed by atoms with van der Waals surface area (Å²) in [5, 5.41) is 5.79. The zero-order valence-corrected chi connectivity index (χ0v) is 13.3. The fourth-order valence-corrected chi connectivity index (χ4v) is 3.99. The maximum Gasteiger partial charge on any atom is 0.123 e. The van der Waals surface area contributed by atoms with Crippen molar-refractivity contribution in [3.63, 3.8) is 0 Å². The molecule has 2 nitrogen and oxygen atoms in total. The van der Waals surface area contributed by atoms with E-state index in [0.29, 0.717) is 12.1 Å². The van der Waals surface area contributed by atoms with Crippen molar-refractivity contribution in [2.45, 2.75) is 24.9 Å². The van der Waals surface area contributed by atoms with E-state index in [1.807, 2.05) is 6.07 Å². The summed E-state index contributed by atoms with van der Waals surface area (Å²) >= 11 is 1.80. The third kappa shape index (κ3) is 3.18. The molecule has 0 aliphatic heterocycles. The Bertz CT molecular complexity index is 595. The van der Waals surface area contributed by atoms with E-state index in [9.17, 15) is 4.39 Å². The number of benzene rings is 1. The van der Waals surface area contributed by atoms with Crippen LogP contribution in [0.5, 0.6) is 0 Å². The van der Waals surface area contributed by atoms with Crippen LogP contribution in [0.25, 0.3) is 0 Å². The fourth-order valence-electron chi connectivity index (χ4n) is 3.07. The molecule has 2 aromatic rings. The molecule has 0 saturated carbocycles. The van der Waals surface area contributed by atoms with Gasteiger partial charge >= 0.3 is 0 Å². The highest BCUT2D eigenvalue weighted by Crippen LogP contribution is 2.32. The zero-order chi connectivity index (χ0) is 14.8. The van der Waals surface area contributed by atoms with Gasteiger partial charge in [0.05, 0.1) is 6.04 Å². The maximum atomic E-state index is 13.3. The van der Waals surface area contributed by atoms with Crippen molar-refractivity contribution in [1.29, 1.82) is 0 Å². The van der Waals surface area contributed by atoms with Crippen molar-refractivity contribution in [2.75, 3.05) is 20.6 Å². The Kier molecular flexibility index (Phi) is 4.38. The fraction of sp³-hybridized carbons (Fsp3) is 0.412. The Balaban J connectivity index is 1.68. The van der Waals surface area contributed by atoms with Crippen molar-refractivity contribution in [3.8, 4) is 0 Å². The van der Waals surface area contributed by atoms with Crippen LogP contribution in [-0.2, 0) is 6.42 Å². The molecule has 112 valence electrons. The van der Waals surface area contributed by atoms with Gasteiger partial charge in [-0.3, -0.25) is 0 Å². The first-order valence-corrected chi connectivity index (χ1v) is 8.24. The van der Waals surface area contributed by atoms with Gasteiger partial charge < -0.3 is 10.2 Å². The van der Waals surface area contributed by atoms with Gasteiger partial charge in [0.1, 0.15) is 5.82 Å². The second-order valence-electron chi connectivity index (χ2n) is 5.84. The molecule has 1 N–H and O–H groups in total. The first-order chi connectivity index (χ1) is 10.1. The van der Waals surface area contributed by atoms with E-state index < -0.39 is 0 Å². The molecule has 4 heteroatoms. The smallest absolute Gasteiger partial charge is 0.123 e. The van der Waals surface area contributed by atoms with Gasteiger partial charge in [0.15, 0.2) is 0 Å². The number of likely N-dealkylation sites (N-methyl/N-ethyl adjacent to an activating group) is 1. The second kappa shape index (κ2) is 6.26. The van der Waals surface area contributed by atoms with Gasteiger partial charge in [-0.2, -0.15) is 0 Å². The molecule has 2 atom stereocenters. The summed E-state index contributed by atoms with van der Waals surface area (Å²) in [6, 6.07) is 10.2. The minimum absolute atomic E-state index is 0.126. The molecular formula is C17H21FN2S. The molecule has 2 unspecified atom stereocenters. The number of fused-ring (bicyclic) bond motifs is 1. The van der Waals surface area contributed by atoms with Crippen molar-refractivity contribution in [3.05, 3.63) is 57.5 Å². The summed E-state index contributed by atoms with van der Waals surface area (Å²) < 4.78 is 13.3. The van der Waals surface area contributed by atoms with Crippen LogP contribution >= 0.6 is 11.3 Å². The lowest BCUT2D eigenvalue weighted by Gasteiger charge is -2.26. The highest BCUT2D eigenvalue weighted by atomic mass is 32.1. The predicted molar refractivity (Wildman–Crippen MR) is 86.2 cm³/mol. The third-order valence-electron chi connectivity index (χ3n) is 4.24. The SMILES string of the molecule is CN(C)C(CNC1CCc2cc(F)ccc21)c1cccs1. The van der Waals surface area contributed by atoms with Gasteiger partial charge in [0.25, 0.3) is 0 Å². The molecule has 0 saturated heterocycles. The van der Waals surface area contributed by atoms with Gasteiger partial charge in [-0.05, 0) is 61.6 Å².